The van der Waals surface area contributed by atoms with Crippen LogP contribution in [-0.4, -0.2) is 15.0 Å². The lowest BCUT2D eigenvalue weighted by atomic mass is 10.1. The summed E-state index contributed by atoms with van der Waals surface area (Å²) in [6, 6.07) is 9.88. The molecule has 2 aromatic heterocycles. The highest BCUT2D eigenvalue weighted by Gasteiger charge is 2.07. The monoisotopic (exact) mass is 272 g/mol. The van der Waals surface area contributed by atoms with Gasteiger partial charge in [-0.2, -0.15) is 4.98 Å². The van der Waals surface area contributed by atoms with Gasteiger partial charge in [0.2, 0.25) is 5.95 Å². The number of rotatable bonds is 2. The van der Waals surface area contributed by atoms with Gasteiger partial charge >= 0.3 is 0 Å². The van der Waals surface area contributed by atoms with Crippen molar-refractivity contribution in [3.8, 4) is 0 Å². The summed E-state index contributed by atoms with van der Waals surface area (Å²) < 4.78 is 0. The van der Waals surface area contributed by atoms with Crippen molar-refractivity contribution in [3.63, 3.8) is 0 Å². The standard InChI is InChI=1S/C14H13ClN4/c1-8-12-7-11(18-13(12)19-14(16)17-8)6-9-3-2-4-10(15)5-9/h2-5,7H,6H2,1H3,(H3,16,17,18,19). The number of hydrogen-bond acceptors (Lipinski definition) is 3. The average molecular weight is 273 g/mol. The molecule has 1 aromatic carbocycles. The fraction of sp³-hybridized carbons (Fsp3) is 0.143. The summed E-state index contributed by atoms with van der Waals surface area (Å²) in [6.45, 7) is 1.93. The molecule has 0 aliphatic carbocycles. The molecular formula is C14H13ClN4. The number of H-pyrrole nitrogens is 1. The van der Waals surface area contributed by atoms with E-state index in [1.54, 1.807) is 0 Å². The number of nitrogens with two attached hydrogens (primary N) is 1. The average Bonchev–Trinajstić information content (AvgIpc) is 2.71. The van der Waals surface area contributed by atoms with Crippen molar-refractivity contribution in [2.24, 2.45) is 0 Å². The van der Waals surface area contributed by atoms with E-state index in [0.29, 0.717) is 5.95 Å². The Morgan fingerprint density at radius 2 is 2.11 bits per heavy atom. The molecule has 3 aromatic rings. The lowest BCUT2D eigenvalue weighted by Gasteiger charge is -1.99. The van der Waals surface area contributed by atoms with Crippen molar-refractivity contribution in [2.75, 3.05) is 5.73 Å². The first kappa shape index (κ1) is 12.0. The predicted molar refractivity (Wildman–Crippen MR) is 77.3 cm³/mol. The third kappa shape index (κ3) is 2.39. The van der Waals surface area contributed by atoms with Crippen molar-refractivity contribution in [3.05, 3.63) is 52.3 Å². The fourth-order valence-corrected chi connectivity index (χ4v) is 2.41. The normalized spacial score (nSPS) is 11.1. The third-order valence-corrected chi connectivity index (χ3v) is 3.27. The second kappa shape index (κ2) is 4.55. The molecule has 0 aliphatic rings. The van der Waals surface area contributed by atoms with Crippen LogP contribution in [0.4, 0.5) is 5.95 Å². The zero-order valence-corrected chi connectivity index (χ0v) is 11.2. The summed E-state index contributed by atoms with van der Waals surface area (Å²) in [5.74, 6) is 0.293. The van der Waals surface area contributed by atoms with Crippen molar-refractivity contribution in [2.45, 2.75) is 13.3 Å². The van der Waals surface area contributed by atoms with Gasteiger partial charge in [0, 0.05) is 22.5 Å². The molecule has 0 aliphatic heterocycles. The zero-order chi connectivity index (χ0) is 13.4. The van der Waals surface area contributed by atoms with Gasteiger partial charge in [-0.25, -0.2) is 4.98 Å². The van der Waals surface area contributed by atoms with Gasteiger partial charge < -0.3 is 10.7 Å². The lowest BCUT2D eigenvalue weighted by molar-refractivity contribution is 1.10. The second-order valence-corrected chi connectivity index (χ2v) is 4.97. The Labute approximate surface area is 115 Å². The first-order valence-corrected chi connectivity index (χ1v) is 6.36. The number of aromatic nitrogens is 3. The van der Waals surface area contributed by atoms with Gasteiger partial charge in [0.1, 0.15) is 5.65 Å². The highest BCUT2D eigenvalue weighted by Crippen LogP contribution is 2.20. The molecule has 19 heavy (non-hydrogen) atoms. The van der Waals surface area contributed by atoms with Crippen LogP contribution in [0.5, 0.6) is 0 Å². The number of aryl methyl sites for hydroxylation is 1. The van der Waals surface area contributed by atoms with Crippen molar-refractivity contribution in [1.82, 2.24) is 15.0 Å². The minimum absolute atomic E-state index is 0.293. The van der Waals surface area contributed by atoms with Gasteiger partial charge in [0.25, 0.3) is 0 Å². The third-order valence-electron chi connectivity index (χ3n) is 3.03. The molecule has 2 heterocycles. The van der Waals surface area contributed by atoms with E-state index in [4.69, 9.17) is 17.3 Å². The van der Waals surface area contributed by atoms with Crippen LogP contribution < -0.4 is 5.73 Å². The van der Waals surface area contributed by atoms with Crippen LogP contribution in [-0.2, 0) is 6.42 Å². The Morgan fingerprint density at radius 1 is 1.26 bits per heavy atom. The lowest BCUT2D eigenvalue weighted by Crippen LogP contribution is -1.96. The van der Waals surface area contributed by atoms with Gasteiger partial charge in [-0.05, 0) is 30.7 Å². The van der Waals surface area contributed by atoms with E-state index in [-0.39, 0.29) is 0 Å². The molecular weight excluding hydrogens is 260 g/mol. The number of aromatic amines is 1. The molecule has 3 N–H and O–H groups in total. The highest BCUT2D eigenvalue weighted by atomic mass is 35.5. The van der Waals surface area contributed by atoms with Crippen LogP contribution in [0.3, 0.4) is 0 Å². The van der Waals surface area contributed by atoms with Crippen LogP contribution in [0, 0.1) is 6.92 Å². The fourth-order valence-electron chi connectivity index (χ4n) is 2.20. The summed E-state index contributed by atoms with van der Waals surface area (Å²) in [5, 5.41) is 1.75. The molecule has 0 atom stereocenters. The summed E-state index contributed by atoms with van der Waals surface area (Å²) >= 11 is 5.99. The topological polar surface area (TPSA) is 67.6 Å². The summed E-state index contributed by atoms with van der Waals surface area (Å²) in [4.78, 5) is 11.6. The number of halogens is 1. The predicted octanol–water partition coefficient (Wildman–Crippen LogP) is 3.09. The highest BCUT2D eigenvalue weighted by molar-refractivity contribution is 6.30. The van der Waals surface area contributed by atoms with Gasteiger partial charge in [-0.1, -0.05) is 23.7 Å². The van der Waals surface area contributed by atoms with E-state index in [9.17, 15) is 0 Å². The molecule has 0 amide bonds. The van der Waals surface area contributed by atoms with Crippen LogP contribution in [0.2, 0.25) is 5.02 Å². The second-order valence-electron chi connectivity index (χ2n) is 4.53. The van der Waals surface area contributed by atoms with Gasteiger partial charge in [-0.15, -0.1) is 0 Å². The largest absolute Gasteiger partial charge is 0.368 e. The first-order chi connectivity index (χ1) is 9.11. The molecule has 0 spiro atoms. The Hall–Kier alpha value is -2.07. The number of nitrogens with zero attached hydrogens (tertiary/aromatic N) is 2. The Balaban J connectivity index is 2.00. The zero-order valence-electron chi connectivity index (χ0n) is 10.4. The van der Waals surface area contributed by atoms with Crippen LogP contribution in [0.1, 0.15) is 17.0 Å². The molecule has 0 unspecified atom stereocenters. The number of fused-ring (bicyclic) bond motifs is 1. The molecule has 0 saturated carbocycles. The molecule has 3 rings (SSSR count). The minimum Gasteiger partial charge on any atom is -0.368 e. The molecule has 0 bridgehead atoms. The summed E-state index contributed by atoms with van der Waals surface area (Å²) in [5.41, 5.74) is 9.53. The number of hydrogen-bond donors (Lipinski definition) is 2. The number of benzene rings is 1. The summed E-state index contributed by atoms with van der Waals surface area (Å²) in [7, 11) is 0. The van der Waals surface area contributed by atoms with E-state index in [2.05, 4.69) is 21.0 Å². The smallest absolute Gasteiger partial charge is 0.222 e. The molecule has 4 nitrogen and oxygen atoms in total. The molecule has 96 valence electrons. The van der Waals surface area contributed by atoms with Crippen LogP contribution in [0.25, 0.3) is 11.0 Å². The molecule has 5 heteroatoms. The Bertz CT molecular complexity index is 748. The van der Waals surface area contributed by atoms with E-state index in [0.717, 1.165) is 39.4 Å². The molecule has 0 saturated heterocycles. The maximum atomic E-state index is 5.99. The van der Waals surface area contributed by atoms with Crippen LogP contribution >= 0.6 is 11.6 Å². The van der Waals surface area contributed by atoms with Gasteiger partial charge in [0.15, 0.2) is 0 Å². The number of nitrogen functional groups attached to an aromatic ring is 1. The minimum atomic E-state index is 0.293. The maximum Gasteiger partial charge on any atom is 0.222 e. The Morgan fingerprint density at radius 3 is 2.89 bits per heavy atom. The molecule has 0 fully saturated rings. The van der Waals surface area contributed by atoms with Crippen molar-refractivity contribution in [1.29, 1.82) is 0 Å². The van der Waals surface area contributed by atoms with Crippen molar-refractivity contribution >= 4 is 28.6 Å². The van der Waals surface area contributed by atoms with Gasteiger partial charge in [-0.3, -0.25) is 0 Å². The van der Waals surface area contributed by atoms with Crippen LogP contribution in [0.15, 0.2) is 30.3 Å². The summed E-state index contributed by atoms with van der Waals surface area (Å²) in [6.07, 6.45) is 0.774. The quantitative estimate of drug-likeness (QED) is 0.753. The van der Waals surface area contributed by atoms with E-state index >= 15 is 0 Å². The van der Waals surface area contributed by atoms with E-state index in [1.807, 2.05) is 31.2 Å². The maximum absolute atomic E-state index is 5.99. The van der Waals surface area contributed by atoms with Gasteiger partial charge in [0.05, 0.1) is 5.69 Å². The SMILES string of the molecule is Cc1nc(N)nc2[nH]c(Cc3cccc(Cl)c3)cc12. The van der Waals surface area contributed by atoms with Crippen molar-refractivity contribution < 1.29 is 0 Å². The van der Waals surface area contributed by atoms with E-state index in [1.165, 1.54) is 0 Å². The Kier molecular flexibility index (Phi) is 2.87. The number of nitrogens with one attached hydrogen (secondary N) is 1. The number of anilines is 1. The van der Waals surface area contributed by atoms with E-state index < -0.39 is 0 Å². The molecule has 0 radical (unpaired) electrons. The first-order valence-electron chi connectivity index (χ1n) is 5.98.